The van der Waals surface area contributed by atoms with E-state index in [9.17, 15) is 0 Å². The molecule has 12 unspecified atom stereocenters. The molecule has 12 nitrogen and oxygen atoms in total. The van der Waals surface area contributed by atoms with E-state index in [0.29, 0.717) is 18.2 Å². The van der Waals surface area contributed by atoms with Crippen molar-refractivity contribution in [2.75, 3.05) is 125 Å². The summed E-state index contributed by atoms with van der Waals surface area (Å²) in [4.78, 5) is 24.0. The molecule has 0 aromatic carbocycles. The maximum atomic E-state index is 5.70. The fourth-order valence-corrected chi connectivity index (χ4v) is 19.9. The van der Waals surface area contributed by atoms with Crippen molar-refractivity contribution in [3.63, 3.8) is 0 Å². The molecule has 12 saturated heterocycles. The van der Waals surface area contributed by atoms with E-state index in [0.717, 1.165) is 116 Å². The van der Waals surface area contributed by atoms with Gasteiger partial charge in [-0.25, -0.2) is 0 Å². The van der Waals surface area contributed by atoms with Crippen LogP contribution in [0.15, 0.2) is 0 Å². The molecule has 0 amide bonds. The smallest absolute Gasteiger partial charge is 0.0731 e. The Kier molecular flexibility index (Phi) is 32.1. The Morgan fingerprint density at radius 3 is 1.34 bits per heavy atom. The number of nitrogens with one attached hydrogen (secondary N) is 1. The largest absolute Gasteiger partial charge is 0.381 e. The normalized spacial score (nSPS) is 35.3. The minimum atomic E-state index is 0.557. The number of fused-ring (bicyclic) bond motifs is 7. The number of likely N-dealkylation sites (tertiary alicyclic amines) is 5. The van der Waals surface area contributed by atoms with Gasteiger partial charge in [0, 0.05) is 138 Å². The maximum absolute atomic E-state index is 5.70. The van der Waals surface area contributed by atoms with Gasteiger partial charge in [0.25, 0.3) is 0 Å². The van der Waals surface area contributed by atoms with Crippen LogP contribution in [0, 0.1) is 29.6 Å². The van der Waals surface area contributed by atoms with Gasteiger partial charge in [-0.1, -0.05) is 38.5 Å². The quantitative estimate of drug-likeness (QED) is 0.264. The highest BCUT2D eigenvalue weighted by Crippen LogP contribution is 2.39. The van der Waals surface area contributed by atoms with Gasteiger partial charge in [0.1, 0.15) is 0 Å². The van der Waals surface area contributed by atoms with Crippen molar-refractivity contribution in [2.24, 2.45) is 29.6 Å². The molecule has 0 aromatic rings. The fourth-order valence-electron chi connectivity index (χ4n) is 19.9. The van der Waals surface area contributed by atoms with E-state index in [4.69, 9.17) is 9.47 Å². The second-order valence-electron chi connectivity index (χ2n) is 33.2. The summed E-state index contributed by atoms with van der Waals surface area (Å²) >= 11 is 0. The monoisotopic (exact) mass is 1250 g/mol. The van der Waals surface area contributed by atoms with Gasteiger partial charge in [0.15, 0.2) is 0 Å². The molecule has 14 aliphatic rings. The lowest BCUT2D eigenvalue weighted by Crippen LogP contribution is -2.56. The molecule has 14 rings (SSSR count). The third kappa shape index (κ3) is 22.3. The van der Waals surface area contributed by atoms with Crippen molar-refractivity contribution in [2.45, 2.75) is 342 Å². The van der Waals surface area contributed by atoms with Gasteiger partial charge >= 0.3 is 0 Å². The molecule has 12 heteroatoms. The Balaban J connectivity index is 0.000000134. The van der Waals surface area contributed by atoms with E-state index < -0.39 is 0 Å². The van der Waals surface area contributed by atoms with Crippen LogP contribution in [0.2, 0.25) is 0 Å². The first-order valence-corrected chi connectivity index (χ1v) is 39.6. The first-order chi connectivity index (χ1) is 43.0. The second kappa shape index (κ2) is 38.5. The highest BCUT2D eigenvalue weighted by molar-refractivity contribution is 4.94. The Hall–Kier alpha value is -0.480. The number of piperidine rings is 7. The van der Waals surface area contributed by atoms with Crippen LogP contribution in [0.3, 0.4) is 0 Å². The zero-order valence-electron chi connectivity index (χ0n) is 61.4. The first kappa shape index (κ1) is 74.3. The lowest BCUT2D eigenvalue weighted by molar-refractivity contribution is -0.0458. The van der Waals surface area contributed by atoms with Crippen molar-refractivity contribution < 1.29 is 9.47 Å². The minimum absolute atomic E-state index is 0.557. The number of nitrogens with zero attached hydrogens (tertiary/aromatic N) is 9. The zero-order chi connectivity index (χ0) is 63.4. The number of hydrogen-bond acceptors (Lipinski definition) is 12. The predicted molar refractivity (Wildman–Crippen MR) is 380 cm³/mol. The maximum Gasteiger partial charge on any atom is 0.0731 e. The van der Waals surface area contributed by atoms with Crippen molar-refractivity contribution in [1.82, 2.24) is 49.4 Å². The summed E-state index contributed by atoms with van der Waals surface area (Å²) in [6.45, 7) is 56.6. The van der Waals surface area contributed by atoms with E-state index >= 15 is 0 Å². The Labute approximate surface area is 552 Å². The highest BCUT2D eigenvalue weighted by atomic mass is 16.5. The Morgan fingerprint density at radius 1 is 0.303 bits per heavy atom. The summed E-state index contributed by atoms with van der Waals surface area (Å²) in [7, 11) is 0. The van der Waals surface area contributed by atoms with Crippen molar-refractivity contribution in [3.05, 3.63) is 0 Å². The van der Waals surface area contributed by atoms with Crippen molar-refractivity contribution in [1.29, 1.82) is 0 Å². The van der Waals surface area contributed by atoms with E-state index in [-0.39, 0.29) is 0 Å². The molecule has 0 spiro atoms. The average molecular weight is 1250 g/mol. The second-order valence-corrected chi connectivity index (χ2v) is 33.2. The molecule has 12 atom stereocenters. The van der Waals surface area contributed by atoms with Crippen LogP contribution < -0.4 is 5.32 Å². The van der Waals surface area contributed by atoms with Crippen LogP contribution in [0.1, 0.15) is 257 Å². The molecular weight excluding hydrogens is 1100 g/mol. The van der Waals surface area contributed by atoms with Gasteiger partial charge in [-0.15, -0.1) is 0 Å². The van der Waals surface area contributed by atoms with Crippen LogP contribution in [0.25, 0.3) is 0 Å². The Bertz CT molecular complexity index is 1750. The van der Waals surface area contributed by atoms with Crippen molar-refractivity contribution >= 4 is 0 Å². The van der Waals surface area contributed by atoms with Gasteiger partial charge in [-0.05, 0) is 307 Å². The molecule has 12 aliphatic heterocycles. The molecule has 12 heterocycles. The van der Waals surface area contributed by atoms with Crippen LogP contribution in [0.5, 0.6) is 0 Å². The van der Waals surface area contributed by atoms with Crippen LogP contribution in [0.4, 0.5) is 0 Å². The summed E-state index contributed by atoms with van der Waals surface area (Å²) in [6, 6.07) is 10.3. The molecule has 89 heavy (non-hydrogen) atoms. The third-order valence-electron chi connectivity index (χ3n) is 25.3. The summed E-state index contributed by atoms with van der Waals surface area (Å²) in [5.41, 5.74) is 0. The number of ether oxygens (including phenoxy) is 2. The SMILES string of the molecule is CC(C)N1CCC2CCCCC2C1.CC(C)N1CCCC2CCCCC21.CC(C)N1CCCC2CNCCC21.CC(C)N1CCCC2COCCC21.CC(C)N1CCCC2OCCC21.CC(C)N1CCN2CCCC2C1.CC(C)N1CCN2CCCCC2C1. The lowest BCUT2D eigenvalue weighted by Gasteiger charge is -2.46. The summed E-state index contributed by atoms with van der Waals surface area (Å²) in [6.07, 6.45) is 36.2. The Morgan fingerprint density at radius 2 is 0.742 bits per heavy atom. The van der Waals surface area contributed by atoms with E-state index in [1.807, 2.05) is 0 Å². The molecule has 0 aromatic heterocycles. The summed E-state index contributed by atoms with van der Waals surface area (Å²) in [5, 5.41) is 3.52. The van der Waals surface area contributed by atoms with Gasteiger partial charge in [-0.3, -0.25) is 39.2 Å². The van der Waals surface area contributed by atoms with Crippen LogP contribution >= 0.6 is 0 Å². The summed E-state index contributed by atoms with van der Waals surface area (Å²) in [5.74, 6) is 4.94. The molecule has 14 fully saturated rings. The average Bonchev–Trinajstić information content (AvgIpc) is 4.13. The molecule has 2 saturated carbocycles. The van der Waals surface area contributed by atoms with Gasteiger partial charge < -0.3 is 19.7 Å². The molecule has 2 aliphatic carbocycles. The van der Waals surface area contributed by atoms with E-state index in [2.05, 4.69) is 146 Å². The van der Waals surface area contributed by atoms with E-state index in [1.165, 1.54) is 265 Å². The number of piperazine rings is 2. The highest BCUT2D eigenvalue weighted by Gasteiger charge is 2.40. The zero-order valence-corrected chi connectivity index (χ0v) is 61.4. The van der Waals surface area contributed by atoms with Gasteiger partial charge in [-0.2, -0.15) is 0 Å². The summed E-state index contributed by atoms with van der Waals surface area (Å²) < 4.78 is 11.2. The molecule has 520 valence electrons. The van der Waals surface area contributed by atoms with E-state index in [1.54, 1.807) is 0 Å². The lowest BCUT2D eigenvalue weighted by atomic mass is 9.75. The van der Waals surface area contributed by atoms with Gasteiger partial charge in [0.2, 0.25) is 0 Å². The first-order valence-electron chi connectivity index (χ1n) is 39.6. The van der Waals surface area contributed by atoms with Crippen molar-refractivity contribution in [3.8, 4) is 0 Å². The molecular formula is C77H150N10O2. The standard InChI is InChI=1S/2C12H23N.2C11H22N2.C11H21NO.C10H20N2.C10H19NO/c1-10(2)13-9-5-7-11-6-3-4-8-12(11)13;1-10(2)13-8-7-11-5-3-4-6-12(11)9-13;1-9(2)13-7-3-4-10-8-12-6-5-11(10)13;1-10(2)13-8-7-12-6-4-3-5-11(12)9-13;1-9(2)12-6-3-4-10-8-13-7-5-11(10)12;1-9(2)12-7-6-11-5-3-4-10(11)8-12;1-8(2)11-6-3-4-10-9(11)5-7-12-10/h2*10-12H,3-9H2,1-2H3;9-12H,3-8H2,1-2H3;10-11H,3-9H2,1-2H3;9-11H,3-8H2,1-2H3;9-10H,3-8H2,1-2H3;8-10H,3-7H2,1-2H3. The van der Waals surface area contributed by atoms with Gasteiger partial charge in [0.05, 0.1) is 12.7 Å². The topological polar surface area (TPSA) is 59.7 Å². The number of hydrogen-bond donors (Lipinski definition) is 1. The minimum Gasteiger partial charge on any atom is -0.381 e. The van der Waals surface area contributed by atoms with Crippen LogP contribution in [-0.4, -0.2) is 253 Å². The number of rotatable bonds is 7. The third-order valence-corrected chi connectivity index (χ3v) is 25.3. The molecule has 1 N–H and O–H groups in total. The van der Waals surface area contributed by atoms with Crippen LogP contribution in [-0.2, 0) is 9.47 Å². The molecule has 0 radical (unpaired) electrons. The predicted octanol–water partition coefficient (Wildman–Crippen LogP) is 13.7. The molecule has 0 bridgehead atoms. The fraction of sp³-hybridized carbons (Fsp3) is 1.00.